The van der Waals surface area contributed by atoms with Crippen LogP contribution in [0.1, 0.15) is 17.5 Å². The largest absolute Gasteiger partial charge is 0.314 e. The second-order valence-corrected chi connectivity index (χ2v) is 9.05. The first-order valence-electron chi connectivity index (χ1n) is 10.2. The lowest BCUT2D eigenvalue weighted by atomic mass is 10.00. The van der Waals surface area contributed by atoms with Gasteiger partial charge in [-0.3, -0.25) is 19.6 Å². The summed E-state index contributed by atoms with van der Waals surface area (Å²) >= 11 is 9.98. The zero-order valence-corrected chi connectivity index (χ0v) is 18.9. The van der Waals surface area contributed by atoms with Crippen LogP contribution in [-0.4, -0.2) is 52.7 Å². The summed E-state index contributed by atoms with van der Waals surface area (Å²) in [5.41, 5.74) is 4.21. The quantitative estimate of drug-likeness (QED) is 0.649. The molecule has 3 aliphatic rings. The Labute approximate surface area is 189 Å². The summed E-state index contributed by atoms with van der Waals surface area (Å²) in [6, 6.07) is 16.0. The third-order valence-electron chi connectivity index (χ3n) is 5.92. The molecule has 1 amide bonds. The van der Waals surface area contributed by atoms with Gasteiger partial charge in [-0.1, -0.05) is 63.9 Å². The number of guanidine groups is 1. The predicted molar refractivity (Wildman–Crippen MR) is 122 cm³/mol. The third kappa shape index (κ3) is 3.57. The Morgan fingerprint density at radius 2 is 1.77 bits per heavy atom. The van der Waals surface area contributed by atoms with Crippen molar-refractivity contribution < 1.29 is 4.79 Å². The average Bonchev–Trinajstić information content (AvgIpc) is 3.24. The molecular weight excluding hydrogens is 464 g/mol. The molecule has 5 rings (SSSR count). The standard InChI is InChI=1S/C23H22BrClN4O/c24-19-7-3-1-5-16(19)14-29-22(30)18-15-27(13-17-6-2-4-8-20(17)25)11-9-21(18)28-12-10-26-23(28)29/h1-8H,9-15H2. The number of hydrogen-bond acceptors (Lipinski definition) is 4. The number of hydrogen-bond donors (Lipinski definition) is 0. The zero-order chi connectivity index (χ0) is 20.7. The summed E-state index contributed by atoms with van der Waals surface area (Å²) in [5, 5.41) is 0.775. The summed E-state index contributed by atoms with van der Waals surface area (Å²) in [6.45, 7) is 4.38. The van der Waals surface area contributed by atoms with Gasteiger partial charge >= 0.3 is 0 Å². The molecule has 154 valence electrons. The van der Waals surface area contributed by atoms with Crippen molar-refractivity contribution in [1.29, 1.82) is 0 Å². The van der Waals surface area contributed by atoms with Crippen LogP contribution in [0.2, 0.25) is 5.02 Å². The topological polar surface area (TPSA) is 39.2 Å². The van der Waals surface area contributed by atoms with Gasteiger partial charge in [0.2, 0.25) is 5.96 Å². The molecule has 0 atom stereocenters. The number of carbonyl (C=O) groups excluding carboxylic acids is 1. The van der Waals surface area contributed by atoms with Gasteiger partial charge in [-0.2, -0.15) is 0 Å². The highest BCUT2D eigenvalue weighted by Crippen LogP contribution is 2.33. The molecule has 0 N–H and O–H groups in total. The highest BCUT2D eigenvalue weighted by Gasteiger charge is 2.41. The molecule has 0 bridgehead atoms. The average molecular weight is 486 g/mol. The lowest BCUT2D eigenvalue weighted by Gasteiger charge is -2.42. The number of amides is 1. The van der Waals surface area contributed by atoms with Crippen LogP contribution in [0.4, 0.5) is 0 Å². The SMILES string of the molecule is O=C1C2=C(CCN(Cc3ccccc3Cl)C2)N2CCN=C2N1Cc1ccccc1Br. The van der Waals surface area contributed by atoms with E-state index in [1.54, 1.807) is 0 Å². The van der Waals surface area contributed by atoms with E-state index in [0.29, 0.717) is 13.1 Å². The minimum atomic E-state index is 0.0708. The normalized spacial score (nSPS) is 19.1. The van der Waals surface area contributed by atoms with Crippen molar-refractivity contribution >= 4 is 39.4 Å². The maximum atomic E-state index is 13.6. The van der Waals surface area contributed by atoms with E-state index in [9.17, 15) is 4.79 Å². The molecule has 5 nitrogen and oxygen atoms in total. The van der Waals surface area contributed by atoms with E-state index in [1.807, 2.05) is 47.4 Å². The van der Waals surface area contributed by atoms with E-state index in [2.05, 4.69) is 36.8 Å². The van der Waals surface area contributed by atoms with Gasteiger partial charge in [-0.05, 0) is 23.3 Å². The van der Waals surface area contributed by atoms with Crippen LogP contribution in [-0.2, 0) is 17.9 Å². The number of nitrogens with zero attached hydrogens (tertiary/aromatic N) is 4. The zero-order valence-electron chi connectivity index (χ0n) is 16.5. The third-order valence-corrected chi connectivity index (χ3v) is 7.06. The lowest BCUT2D eigenvalue weighted by Crippen LogP contribution is -2.53. The fourth-order valence-electron chi connectivity index (χ4n) is 4.42. The molecule has 30 heavy (non-hydrogen) atoms. The molecule has 3 heterocycles. The minimum absolute atomic E-state index is 0.0708. The highest BCUT2D eigenvalue weighted by molar-refractivity contribution is 9.10. The van der Waals surface area contributed by atoms with E-state index in [-0.39, 0.29) is 5.91 Å². The van der Waals surface area contributed by atoms with Crippen molar-refractivity contribution in [2.45, 2.75) is 19.5 Å². The maximum Gasteiger partial charge on any atom is 0.259 e. The Bertz CT molecular complexity index is 1070. The highest BCUT2D eigenvalue weighted by atomic mass is 79.9. The van der Waals surface area contributed by atoms with Crippen molar-refractivity contribution in [3.05, 3.63) is 80.4 Å². The molecule has 0 fully saturated rings. The van der Waals surface area contributed by atoms with Gasteiger partial charge in [-0.25, -0.2) is 0 Å². The molecule has 2 aromatic carbocycles. The first-order valence-corrected chi connectivity index (χ1v) is 11.3. The summed E-state index contributed by atoms with van der Waals surface area (Å²) in [4.78, 5) is 24.6. The Balaban J connectivity index is 1.42. The molecular formula is C23H22BrClN4O. The molecule has 0 spiro atoms. The molecule has 0 aromatic heterocycles. The number of fused-ring (bicyclic) bond motifs is 2. The molecule has 2 aromatic rings. The molecule has 0 saturated heterocycles. The first kappa shape index (κ1) is 19.8. The maximum absolute atomic E-state index is 13.6. The molecule has 0 unspecified atom stereocenters. The smallest absolute Gasteiger partial charge is 0.259 e. The second-order valence-electron chi connectivity index (χ2n) is 7.79. The summed E-state index contributed by atoms with van der Waals surface area (Å²) in [7, 11) is 0. The van der Waals surface area contributed by atoms with E-state index in [1.165, 1.54) is 0 Å². The molecule has 0 saturated carbocycles. The van der Waals surface area contributed by atoms with Crippen LogP contribution in [0.5, 0.6) is 0 Å². The van der Waals surface area contributed by atoms with E-state index in [0.717, 1.165) is 70.5 Å². The fourth-order valence-corrected chi connectivity index (χ4v) is 5.02. The molecule has 3 aliphatic heterocycles. The lowest BCUT2D eigenvalue weighted by molar-refractivity contribution is -0.125. The van der Waals surface area contributed by atoms with E-state index >= 15 is 0 Å². The van der Waals surface area contributed by atoms with Gasteiger partial charge in [-0.15, -0.1) is 0 Å². The van der Waals surface area contributed by atoms with Crippen LogP contribution >= 0.6 is 27.5 Å². The van der Waals surface area contributed by atoms with Crippen molar-refractivity contribution in [2.24, 2.45) is 4.99 Å². The van der Waals surface area contributed by atoms with Gasteiger partial charge in [0.1, 0.15) is 0 Å². The minimum Gasteiger partial charge on any atom is -0.314 e. The van der Waals surface area contributed by atoms with Crippen molar-refractivity contribution in [3.63, 3.8) is 0 Å². The first-order chi connectivity index (χ1) is 14.6. The van der Waals surface area contributed by atoms with Gasteiger partial charge in [0.05, 0.1) is 18.7 Å². The van der Waals surface area contributed by atoms with Crippen LogP contribution in [0.25, 0.3) is 0 Å². The molecule has 0 aliphatic carbocycles. The monoisotopic (exact) mass is 484 g/mol. The second kappa shape index (κ2) is 8.17. The van der Waals surface area contributed by atoms with E-state index < -0.39 is 0 Å². The number of carbonyl (C=O) groups is 1. The van der Waals surface area contributed by atoms with Crippen LogP contribution < -0.4 is 0 Å². The van der Waals surface area contributed by atoms with Gasteiger partial charge in [0.25, 0.3) is 5.91 Å². The summed E-state index contributed by atoms with van der Waals surface area (Å²) in [6.07, 6.45) is 0.855. The Morgan fingerprint density at radius 3 is 2.57 bits per heavy atom. The fraction of sp³-hybridized carbons (Fsp3) is 0.304. The molecule has 7 heteroatoms. The molecule has 0 radical (unpaired) electrons. The number of rotatable bonds is 4. The van der Waals surface area contributed by atoms with Crippen molar-refractivity contribution in [1.82, 2.24) is 14.7 Å². The van der Waals surface area contributed by atoms with Gasteiger partial charge in [0, 0.05) is 47.8 Å². The van der Waals surface area contributed by atoms with Crippen LogP contribution in [0, 0.1) is 0 Å². The van der Waals surface area contributed by atoms with Gasteiger partial charge in [0.15, 0.2) is 0 Å². The van der Waals surface area contributed by atoms with Crippen LogP contribution in [0.3, 0.4) is 0 Å². The number of halogens is 2. The van der Waals surface area contributed by atoms with E-state index in [4.69, 9.17) is 11.6 Å². The number of aliphatic imine (C=N–C) groups is 1. The van der Waals surface area contributed by atoms with Gasteiger partial charge < -0.3 is 4.90 Å². The van der Waals surface area contributed by atoms with Crippen molar-refractivity contribution in [2.75, 3.05) is 26.2 Å². The predicted octanol–water partition coefficient (Wildman–Crippen LogP) is 4.28. The number of benzene rings is 2. The Morgan fingerprint density at radius 1 is 1.00 bits per heavy atom. The summed E-state index contributed by atoms with van der Waals surface area (Å²) < 4.78 is 1.01. The van der Waals surface area contributed by atoms with Crippen LogP contribution in [0.15, 0.2) is 69.3 Å². The summed E-state index contributed by atoms with van der Waals surface area (Å²) in [5.74, 6) is 0.871. The Kier molecular flexibility index (Phi) is 5.39. The van der Waals surface area contributed by atoms with Crippen molar-refractivity contribution in [3.8, 4) is 0 Å². The Hall–Kier alpha value is -2.15.